The molecule has 0 aliphatic rings. The van der Waals surface area contributed by atoms with Gasteiger partial charge in [0, 0.05) is 0 Å². The first kappa shape index (κ1) is 47.5. The summed E-state index contributed by atoms with van der Waals surface area (Å²) in [5.74, 6) is -6.07. The number of benzene rings is 2. The van der Waals surface area contributed by atoms with Crippen LogP contribution < -0.4 is 20.4 Å². The summed E-state index contributed by atoms with van der Waals surface area (Å²) in [6.07, 6.45) is 12.8. The minimum Gasteiger partial charge on any atom is -0.545 e. The Morgan fingerprint density at radius 2 is 0.771 bits per heavy atom. The Morgan fingerprint density at radius 1 is 0.500 bits per heavy atom. The number of rotatable bonds is 20. The molecule has 0 unspecified atom stereocenters. The molecule has 0 spiro atoms. The molecule has 0 heterocycles. The molecule has 2 rings (SSSR count). The van der Waals surface area contributed by atoms with Crippen LogP contribution in [0.3, 0.4) is 0 Å². The Morgan fingerprint density at radius 3 is 0.979 bits per heavy atom. The van der Waals surface area contributed by atoms with Gasteiger partial charge in [-0.25, -0.2) is 0 Å². The van der Waals surface area contributed by atoms with E-state index in [0.717, 1.165) is 0 Å². The quantitative estimate of drug-likeness (QED) is 0.111. The molecule has 10 heteroatoms. The fraction of sp³-hybridized carbons (Fsp3) is 0.474. The van der Waals surface area contributed by atoms with Crippen LogP contribution in [0.4, 0.5) is 0 Å². The summed E-state index contributed by atoms with van der Waals surface area (Å²) in [6.45, 7) is 9.16. The van der Waals surface area contributed by atoms with E-state index in [2.05, 4.69) is 27.7 Å². The van der Waals surface area contributed by atoms with Crippen molar-refractivity contribution in [1.82, 2.24) is 0 Å². The maximum absolute atomic E-state index is 10.6. The van der Waals surface area contributed by atoms with Crippen molar-refractivity contribution in [3.63, 3.8) is 0 Å². The van der Waals surface area contributed by atoms with Crippen LogP contribution in [-0.2, 0) is 32.0 Å². The van der Waals surface area contributed by atoms with Gasteiger partial charge in [-0.1, -0.05) is 60.7 Å². The van der Waals surface area contributed by atoms with Gasteiger partial charge in [-0.05, 0) is 47.3 Å². The van der Waals surface area contributed by atoms with E-state index < -0.39 is 23.9 Å². The van der Waals surface area contributed by atoms with Crippen molar-refractivity contribution in [1.29, 1.82) is 0 Å². The summed E-state index contributed by atoms with van der Waals surface area (Å²) < 4.78 is 6.50. The van der Waals surface area contributed by atoms with Crippen molar-refractivity contribution in [2.24, 2.45) is 0 Å². The maximum Gasteiger partial charge on any atom is 0.0678 e. The molecule has 260 valence electrons. The summed E-state index contributed by atoms with van der Waals surface area (Å²) in [4.78, 5) is 41.6. The van der Waals surface area contributed by atoms with Gasteiger partial charge in [0.25, 0.3) is 0 Å². The minimum atomic E-state index is -1.54. The summed E-state index contributed by atoms with van der Waals surface area (Å²) in [5.41, 5.74) is 0.797. The van der Waals surface area contributed by atoms with E-state index in [4.69, 9.17) is 0 Å². The molecule has 0 aliphatic carbocycles. The van der Waals surface area contributed by atoms with Crippen LogP contribution >= 0.6 is 0 Å². The van der Waals surface area contributed by atoms with Gasteiger partial charge in [-0.2, -0.15) is 0 Å². The van der Waals surface area contributed by atoms with Crippen LogP contribution in [0, 0.1) is 0 Å². The average molecular weight is 874 g/mol. The minimum absolute atomic E-state index is 0.0111. The van der Waals surface area contributed by atoms with Crippen LogP contribution in [0.2, 0.25) is 17.7 Å². The SMILES string of the molecule is CCC[CH2][Sn+2][CH2]CCC.CCC[CH2][Sn+2][CH2]CCC.O=C([O-])/C=C(/Cc1ccccc1)C(=O)[O-].O=C([O-])/C=C(/Cc1ccccc1)C(=O)[O-]. The van der Waals surface area contributed by atoms with Gasteiger partial charge < -0.3 is 39.6 Å². The molecule has 0 bridgehead atoms. The fourth-order valence-electron chi connectivity index (χ4n) is 3.74. The zero-order chi connectivity index (χ0) is 36.4. The summed E-state index contributed by atoms with van der Waals surface area (Å²) in [5, 5.41) is 41.6. The van der Waals surface area contributed by atoms with E-state index in [1.807, 2.05) is 0 Å². The third kappa shape index (κ3) is 32.0. The maximum atomic E-state index is 10.6. The van der Waals surface area contributed by atoms with Gasteiger partial charge in [0.1, 0.15) is 0 Å². The molecular formula is C38H52O8Sn2. The number of unbranched alkanes of at least 4 members (excludes halogenated alkanes) is 4. The zero-order valence-corrected chi connectivity index (χ0v) is 34.8. The molecule has 0 amide bonds. The van der Waals surface area contributed by atoms with Crippen molar-refractivity contribution < 1.29 is 39.6 Å². The Balaban J connectivity index is 0. The van der Waals surface area contributed by atoms with E-state index in [1.54, 1.807) is 78.4 Å². The largest absolute Gasteiger partial charge is 0.545 e. The zero-order valence-electron chi connectivity index (χ0n) is 29.1. The first-order chi connectivity index (χ1) is 23.0. The first-order valence-corrected chi connectivity index (χ1v) is 24.8. The van der Waals surface area contributed by atoms with Gasteiger partial charge in [0.15, 0.2) is 0 Å². The molecule has 2 aromatic rings. The molecule has 0 radical (unpaired) electrons. The number of hydrogen-bond acceptors (Lipinski definition) is 8. The Hall–Kier alpha value is -2.60. The van der Waals surface area contributed by atoms with E-state index in [0.29, 0.717) is 23.3 Å². The summed E-state index contributed by atoms with van der Waals surface area (Å²) in [7, 11) is 0. The predicted octanol–water partition coefficient (Wildman–Crippen LogP) is 3.57. The monoisotopic (exact) mass is 876 g/mol. The van der Waals surface area contributed by atoms with Crippen molar-refractivity contribution in [2.45, 2.75) is 110 Å². The first-order valence-electron chi connectivity index (χ1n) is 16.8. The van der Waals surface area contributed by atoms with Gasteiger partial charge >= 0.3 is 139 Å². The van der Waals surface area contributed by atoms with E-state index in [-0.39, 0.29) is 66.3 Å². The molecule has 0 N–H and O–H groups in total. The van der Waals surface area contributed by atoms with Crippen molar-refractivity contribution in [3.8, 4) is 0 Å². The van der Waals surface area contributed by atoms with Crippen LogP contribution in [0.5, 0.6) is 0 Å². The van der Waals surface area contributed by atoms with Gasteiger partial charge in [0.2, 0.25) is 0 Å². The number of carboxylic acids is 4. The van der Waals surface area contributed by atoms with Gasteiger partial charge in [-0.3, -0.25) is 0 Å². The van der Waals surface area contributed by atoms with Gasteiger partial charge in [0.05, 0.1) is 23.9 Å². The Labute approximate surface area is 308 Å². The van der Waals surface area contributed by atoms with Crippen molar-refractivity contribution >= 4 is 66.2 Å². The third-order valence-electron chi connectivity index (χ3n) is 6.41. The number of carboxylic acid groups (broad SMARTS) is 4. The normalized spacial score (nSPS) is 10.3. The second-order valence-electron chi connectivity index (χ2n) is 10.8. The Kier molecular flexibility index (Phi) is 33.9. The summed E-state index contributed by atoms with van der Waals surface area (Å²) in [6, 6.07) is 17.3. The standard InChI is InChI=1S/2C11H10O4.4C4H9.2Sn/c2*12-10(13)7-9(11(14)15)6-8-4-2-1-3-5-8;4*1-3-4-2;;/h2*1-5,7H,6H2,(H,12,13)(H,14,15);4*1,3-4H2,2H3;;/q;;;;;;2*+2/p-4/b2*9-7-;;;;;;. The second kappa shape index (κ2) is 34.3. The number of carbonyl (C=O) groups excluding carboxylic acids is 4. The molecular weight excluding hydrogens is 822 g/mol. The fourth-order valence-corrected chi connectivity index (χ4v) is 12.1. The molecule has 8 nitrogen and oxygen atoms in total. The third-order valence-corrected chi connectivity index (χ3v) is 14.5. The molecule has 0 aliphatic heterocycles. The number of aliphatic carboxylic acids is 4. The molecule has 0 atom stereocenters. The smallest absolute Gasteiger partial charge is 0.0678 e. The van der Waals surface area contributed by atoms with Crippen molar-refractivity contribution in [2.75, 3.05) is 0 Å². The molecule has 0 aromatic heterocycles. The molecule has 2 aromatic carbocycles. The topological polar surface area (TPSA) is 161 Å². The van der Waals surface area contributed by atoms with E-state index >= 15 is 0 Å². The van der Waals surface area contributed by atoms with Crippen molar-refractivity contribution in [3.05, 3.63) is 95.1 Å². The molecule has 0 saturated heterocycles. The molecule has 48 heavy (non-hydrogen) atoms. The molecule has 0 fully saturated rings. The predicted molar refractivity (Wildman–Crippen MR) is 187 cm³/mol. The van der Waals surface area contributed by atoms with Crippen LogP contribution in [-0.4, -0.2) is 66.2 Å². The van der Waals surface area contributed by atoms with Crippen LogP contribution in [0.1, 0.15) is 90.2 Å². The van der Waals surface area contributed by atoms with E-state index in [9.17, 15) is 39.6 Å². The van der Waals surface area contributed by atoms with Crippen LogP contribution in [0.25, 0.3) is 0 Å². The van der Waals surface area contributed by atoms with Crippen LogP contribution in [0.15, 0.2) is 84.0 Å². The average Bonchev–Trinajstić information content (AvgIpc) is 3.05. The van der Waals surface area contributed by atoms with Gasteiger partial charge in [-0.15, -0.1) is 0 Å². The summed E-state index contributed by atoms with van der Waals surface area (Å²) >= 11 is 0.299. The van der Waals surface area contributed by atoms with E-state index in [1.165, 1.54) is 51.4 Å². The number of carbonyl (C=O) groups is 4. The number of hydrogen-bond donors (Lipinski definition) is 0. The Bertz CT molecular complexity index is 1080. The molecule has 0 saturated carbocycles. The second-order valence-corrected chi connectivity index (χ2v) is 19.4.